The molecule has 4 heteroatoms. The average Bonchev–Trinajstić information content (AvgIpc) is 2.75. The van der Waals surface area contributed by atoms with Gasteiger partial charge in [-0.15, -0.1) is 0 Å². The molecule has 1 heterocycles. The van der Waals surface area contributed by atoms with E-state index in [9.17, 15) is 4.79 Å². The van der Waals surface area contributed by atoms with Crippen LogP contribution < -0.4 is 5.32 Å². The van der Waals surface area contributed by atoms with Crippen LogP contribution in [0.15, 0.2) is 36.4 Å². The summed E-state index contributed by atoms with van der Waals surface area (Å²) in [7, 11) is 1.70. The Labute approximate surface area is 191 Å². The molecule has 31 heavy (non-hydrogen) atoms. The Morgan fingerprint density at radius 2 is 1.87 bits per heavy atom. The lowest BCUT2D eigenvalue weighted by atomic mass is 9.84. The molecule has 0 radical (unpaired) electrons. The number of likely N-dealkylation sites (tertiary alicyclic amines) is 1. The van der Waals surface area contributed by atoms with E-state index < -0.39 is 0 Å². The van der Waals surface area contributed by atoms with Crippen LogP contribution in [0.4, 0.5) is 0 Å². The summed E-state index contributed by atoms with van der Waals surface area (Å²) in [6.45, 7) is 4.65. The van der Waals surface area contributed by atoms with E-state index in [0.717, 1.165) is 35.8 Å². The van der Waals surface area contributed by atoms with Gasteiger partial charge in [0.2, 0.25) is 5.91 Å². The van der Waals surface area contributed by atoms with E-state index in [1.54, 1.807) is 7.05 Å². The first-order valence-electron chi connectivity index (χ1n) is 11.4. The van der Waals surface area contributed by atoms with Gasteiger partial charge in [-0.3, -0.25) is 9.69 Å². The van der Waals surface area contributed by atoms with Crippen LogP contribution in [-0.4, -0.2) is 30.9 Å². The minimum absolute atomic E-state index is 0.132. The zero-order valence-electron chi connectivity index (χ0n) is 18.5. The first kappa shape index (κ1) is 21.9. The monoisotopic (exact) mass is 434 g/mol. The van der Waals surface area contributed by atoms with E-state index in [1.165, 1.54) is 48.8 Å². The molecule has 1 amide bonds. The molecule has 2 fully saturated rings. The van der Waals surface area contributed by atoms with Crippen molar-refractivity contribution in [3.63, 3.8) is 0 Å². The predicted octanol–water partition coefficient (Wildman–Crippen LogP) is 5.27. The highest BCUT2D eigenvalue weighted by Gasteiger charge is 2.31. The Hall–Kier alpha value is -2.28. The van der Waals surface area contributed by atoms with Gasteiger partial charge in [0, 0.05) is 42.8 Å². The second-order valence-corrected chi connectivity index (χ2v) is 9.38. The van der Waals surface area contributed by atoms with E-state index in [2.05, 4.69) is 59.3 Å². The smallest absolute Gasteiger partial charge is 0.225 e. The fourth-order valence-corrected chi connectivity index (χ4v) is 5.12. The third-order valence-electron chi connectivity index (χ3n) is 6.66. The standard InChI is InChI=1S/C27H31ClN2O/c1-19-14-21(16-30-17-24(18-30)27(31)29-2)9-12-22(19)11-8-20-10-13-25(26(28)15-20)23-6-4-3-5-7-23/h9-10,12-15,23-24H,3-7,16-18H2,1-2H3,(H,29,31). The summed E-state index contributed by atoms with van der Waals surface area (Å²) in [6.07, 6.45) is 6.47. The second kappa shape index (κ2) is 9.90. The first-order valence-corrected chi connectivity index (χ1v) is 11.8. The highest BCUT2D eigenvalue weighted by Crippen LogP contribution is 2.36. The lowest BCUT2D eigenvalue weighted by Gasteiger charge is -2.38. The summed E-state index contributed by atoms with van der Waals surface area (Å²) in [6, 6.07) is 12.8. The zero-order chi connectivity index (χ0) is 21.8. The van der Waals surface area contributed by atoms with Crippen molar-refractivity contribution in [2.45, 2.75) is 51.5 Å². The van der Waals surface area contributed by atoms with Crippen molar-refractivity contribution in [3.05, 3.63) is 69.2 Å². The second-order valence-electron chi connectivity index (χ2n) is 8.98. The van der Waals surface area contributed by atoms with Crippen molar-refractivity contribution in [2.24, 2.45) is 5.92 Å². The zero-order valence-corrected chi connectivity index (χ0v) is 19.3. The van der Waals surface area contributed by atoms with Crippen LogP contribution in [-0.2, 0) is 11.3 Å². The highest BCUT2D eigenvalue weighted by atomic mass is 35.5. The molecule has 1 saturated carbocycles. The van der Waals surface area contributed by atoms with Crippen molar-refractivity contribution in [2.75, 3.05) is 20.1 Å². The minimum atomic E-state index is 0.132. The summed E-state index contributed by atoms with van der Waals surface area (Å²) < 4.78 is 0. The van der Waals surface area contributed by atoms with Gasteiger partial charge >= 0.3 is 0 Å². The number of aryl methyl sites for hydroxylation is 1. The van der Waals surface area contributed by atoms with Gasteiger partial charge in [0.25, 0.3) is 0 Å². The molecule has 162 valence electrons. The van der Waals surface area contributed by atoms with E-state index in [1.807, 2.05) is 6.07 Å². The third kappa shape index (κ3) is 5.32. The number of carbonyl (C=O) groups is 1. The molecule has 1 aliphatic heterocycles. The Morgan fingerprint density at radius 1 is 1.10 bits per heavy atom. The summed E-state index contributed by atoms with van der Waals surface area (Å²) in [5, 5.41) is 3.59. The molecule has 1 aliphatic carbocycles. The molecule has 2 aromatic carbocycles. The number of rotatable bonds is 4. The fraction of sp³-hybridized carbons (Fsp3) is 0.444. The molecule has 0 spiro atoms. The van der Waals surface area contributed by atoms with E-state index >= 15 is 0 Å². The maximum Gasteiger partial charge on any atom is 0.225 e. The van der Waals surface area contributed by atoms with Crippen LogP contribution in [0, 0.1) is 24.7 Å². The molecular weight excluding hydrogens is 404 g/mol. The SMILES string of the molecule is CNC(=O)C1CN(Cc2ccc(C#Cc3ccc(C4CCCCC4)c(Cl)c3)c(C)c2)C1. The molecule has 3 nitrogen and oxygen atoms in total. The van der Waals surface area contributed by atoms with Crippen molar-refractivity contribution < 1.29 is 4.79 Å². The van der Waals surface area contributed by atoms with Crippen molar-refractivity contribution >= 4 is 17.5 Å². The third-order valence-corrected chi connectivity index (χ3v) is 6.99. The predicted molar refractivity (Wildman–Crippen MR) is 127 cm³/mol. The van der Waals surface area contributed by atoms with Crippen LogP contribution in [0.3, 0.4) is 0 Å². The van der Waals surface area contributed by atoms with E-state index in [4.69, 9.17) is 11.6 Å². The van der Waals surface area contributed by atoms with Crippen LogP contribution in [0.5, 0.6) is 0 Å². The van der Waals surface area contributed by atoms with E-state index in [0.29, 0.717) is 5.92 Å². The number of carbonyl (C=O) groups excluding carboxylic acids is 1. The molecule has 0 atom stereocenters. The lowest BCUT2D eigenvalue weighted by Crippen LogP contribution is -2.52. The quantitative estimate of drug-likeness (QED) is 0.664. The maximum absolute atomic E-state index is 11.6. The van der Waals surface area contributed by atoms with Gasteiger partial charge in [-0.1, -0.05) is 60.9 Å². The normalized spacial score (nSPS) is 17.5. The Balaban J connectivity index is 1.39. The lowest BCUT2D eigenvalue weighted by molar-refractivity contribution is -0.129. The number of halogens is 1. The number of nitrogens with zero attached hydrogens (tertiary/aromatic N) is 1. The van der Waals surface area contributed by atoms with Gasteiger partial charge in [0.05, 0.1) is 5.92 Å². The number of hydrogen-bond acceptors (Lipinski definition) is 2. The summed E-state index contributed by atoms with van der Waals surface area (Å²) in [5.74, 6) is 7.49. The van der Waals surface area contributed by atoms with Crippen molar-refractivity contribution in [3.8, 4) is 11.8 Å². The summed E-state index contributed by atoms with van der Waals surface area (Å²) >= 11 is 6.61. The highest BCUT2D eigenvalue weighted by molar-refractivity contribution is 6.31. The number of benzene rings is 2. The average molecular weight is 435 g/mol. The van der Waals surface area contributed by atoms with Gasteiger partial charge < -0.3 is 5.32 Å². The van der Waals surface area contributed by atoms with Crippen LogP contribution in [0.2, 0.25) is 5.02 Å². The minimum Gasteiger partial charge on any atom is -0.359 e. The van der Waals surface area contributed by atoms with Crippen LogP contribution >= 0.6 is 11.6 Å². The number of amides is 1. The van der Waals surface area contributed by atoms with Crippen LogP contribution in [0.25, 0.3) is 0 Å². The first-order chi connectivity index (χ1) is 15.0. The number of nitrogens with one attached hydrogen (secondary N) is 1. The van der Waals surface area contributed by atoms with Crippen molar-refractivity contribution in [1.82, 2.24) is 10.2 Å². The molecule has 0 unspecified atom stereocenters. The largest absolute Gasteiger partial charge is 0.359 e. The molecule has 4 rings (SSSR count). The summed E-state index contributed by atoms with van der Waals surface area (Å²) in [4.78, 5) is 13.9. The fourth-order valence-electron chi connectivity index (χ4n) is 4.78. The Bertz CT molecular complexity index is 1010. The molecule has 2 aromatic rings. The molecule has 1 saturated heterocycles. The van der Waals surface area contributed by atoms with Gasteiger partial charge in [0.15, 0.2) is 0 Å². The molecule has 0 aromatic heterocycles. The summed E-state index contributed by atoms with van der Waals surface area (Å²) in [5.41, 5.74) is 5.74. The maximum atomic E-state index is 11.6. The Kier molecular flexibility index (Phi) is 7.00. The van der Waals surface area contributed by atoms with E-state index in [-0.39, 0.29) is 11.8 Å². The van der Waals surface area contributed by atoms with Crippen molar-refractivity contribution in [1.29, 1.82) is 0 Å². The van der Waals surface area contributed by atoms with Gasteiger partial charge in [-0.25, -0.2) is 0 Å². The molecule has 0 bridgehead atoms. The topological polar surface area (TPSA) is 32.3 Å². The molecular formula is C27H31ClN2O. The Morgan fingerprint density at radius 3 is 2.55 bits per heavy atom. The number of hydrogen-bond donors (Lipinski definition) is 1. The van der Waals surface area contributed by atoms with Gasteiger partial charge in [0.1, 0.15) is 0 Å². The molecule has 2 aliphatic rings. The van der Waals surface area contributed by atoms with Gasteiger partial charge in [-0.05, 0) is 60.6 Å². The van der Waals surface area contributed by atoms with Gasteiger partial charge in [-0.2, -0.15) is 0 Å². The molecule has 1 N–H and O–H groups in total. The van der Waals surface area contributed by atoms with Crippen LogP contribution in [0.1, 0.15) is 65.8 Å².